The average molecular weight is 260 g/mol. The van der Waals surface area contributed by atoms with Crippen LogP contribution >= 0.6 is 0 Å². The first-order valence-electron chi connectivity index (χ1n) is 6.20. The van der Waals surface area contributed by atoms with Crippen molar-refractivity contribution >= 4 is 5.97 Å². The van der Waals surface area contributed by atoms with Gasteiger partial charge in [-0.1, -0.05) is 6.92 Å². The number of carbonyl (C=O) groups is 1. The van der Waals surface area contributed by atoms with Crippen LogP contribution in [-0.2, 0) is 6.42 Å². The highest BCUT2D eigenvalue weighted by Gasteiger charge is 2.15. The maximum atomic E-state index is 11.1. The van der Waals surface area contributed by atoms with Gasteiger partial charge in [-0.15, -0.1) is 0 Å². The molecule has 2 rings (SSSR count). The fourth-order valence-electron chi connectivity index (χ4n) is 1.97. The Morgan fingerprint density at radius 2 is 2.00 bits per heavy atom. The van der Waals surface area contributed by atoms with Gasteiger partial charge in [-0.2, -0.15) is 5.10 Å². The van der Waals surface area contributed by atoms with Gasteiger partial charge in [0.1, 0.15) is 11.3 Å². The van der Waals surface area contributed by atoms with Gasteiger partial charge in [-0.25, -0.2) is 9.48 Å². The van der Waals surface area contributed by atoms with Crippen molar-refractivity contribution in [3.8, 4) is 11.4 Å². The number of aromatic nitrogens is 2. The molecular formula is C14H16N2O3. The molecule has 0 radical (unpaired) electrons. The fourth-order valence-corrected chi connectivity index (χ4v) is 1.97. The van der Waals surface area contributed by atoms with Gasteiger partial charge in [0, 0.05) is 0 Å². The highest BCUT2D eigenvalue weighted by molar-refractivity contribution is 5.88. The maximum absolute atomic E-state index is 11.1. The van der Waals surface area contributed by atoms with Crippen LogP contribution < -0.4 is 4.74 Å². The smallest absolute Gasteiger partial charge is 0.339 e. The molecule has 1 aromatic carbocycles. The van der Waals surface area contributed by atoms with E-state index < -0.39 is 5.97 Å². The lowest BCUT2D eigenvalue weighted by Crippen LogP contribution is -2.05. The number of hydrogen-bond donors (Lipinski definition) is 1. The third-order valence-electron chi connectivity index (χ3n) is 2.83. The molecule has 0 bridgehead atoms. The second-order valence-electron chi connectivity index (χ2n) is 4.00. The minimum atomic E-state index is -0.950. The normalized spacial score (nSPS) is 10.4. The summed E-state index contributed by atoms with van der Waals surface area (Å²) in [6, 6.07) is 7.42. The Morgan fingerprint density at radius 3 is 2.53 bits per heavy atom. The van der Waals surface area contributed by atoms with E-state index in [2.05, 4.69) is 5.10 Å². The lowest BCUT2D eigenvalue weighted by Gasteiger charge is -2.08. The monoisotopic (exact) mass is 260 g/mol. The minimum Gasteiger partial charge on any atom is -0.494 e. The molecule has 0 fully saturated rings. The second-order valence-corrected chi connectivity index (χ2v) is 4.00. The lowest BCUT2D eigenvalue weighted by molar-refractivity contribution is 0.0695. The first kappa shape index (κ1) is 13.1. The van der Waals surface area contributed by atoms with E-state index in [0.29, 0.717) is 18.7 Å². The lowest BCUT2D eigenvalue weighted by atomic mass is 10.2. The molecule has 1 N–H and O–H groups in total. The largest absolute Gasteiger partial charge is 0.494 e. The van der Waals surface area contributed by atoms with E-state index in [4.69, 9.17) is 9.84 Å². The van der Waals surface area contributed by atoms with Crippen LogP contribution in [0.15, 0.2) is 30.5 Å². The van der Waals surface area contributed by atoms with E-state index in [1.807, 2.05) is 38.1 Å². The average Bonchev–Trinajstić information content (AvgIpc) is 2.84. The molecule has 0 saturated heterocycles. The first-order chi connectivity index (χ1) is 9.17. The Hall–Kier alpha value is -2.30. The van der Waals surface area contributed by atoms with Crippen LogP contribution in [0.4, 0.5) is 0 Å². The molecule has 0 spiro atoms. The van der Waals surface area contributed by atoms with E-state index in [1.165, 1.54) is 6.20 Å². The molecule has 1 heterocycles. The van der Waals surface area contributed by atoms with Crippen molar-refractivity contribution in [1.82, 2.24) is 9.78 Å². The summed E-state index contributed by atoms with van der Waals surface area (Å²) in [5.41, 5.74) is 1.76. The van der Waals surface area contributed by atoms with E-state index in [9.17, 15) is 4.79 Å². The van der Waals surface area contributed by atoms with Crippen molar-refractivity contribution in [1.29, 1.82) is 0 Å². The van der Waals surface area contributed by atoms with E-state index in [1.54, 1.807) is 4.68 Å². The molecule has 0 aliphatic rings. The summed E-state index contributed by atoms with van der Waals surface area (Å²) >= 11 is 0. The van der Waals surface area contributed by atoms with Crippen LogP contribution in [0, 0.1) is 0 Å². The van der Waals surface area contributed by atoms with Crippen molar-refractivity contribution in [2.45, 2.75) is 20.3 Å². The van der Waals surface area contributed by atoms with Crippen LogP contribution in [-0.4, -0.2) is 27.5 Å². The Morgan fingerprint density at radius 1 is 1.32 bits per heavy atom. The molecule has 5 nitrogen and oxygen atoms in total. The summed E-state index contributed by atoms with van der Waals surface area (Å²) in [5.74, 6) is -0.163. The topological polar surface area (TPSA) is 64.4 Å². The van der Waals surface area contributed by atoms with Gasteiger partial charge in [0.25, 0.3) is 0 Å². The zero-order valence-electron chi connectivity index (χ0n) is 11.0. The number of aromatic carboxylic acids is 1. The second kappa shape index (κ2) is 5.56. The van der Waals surface area contributed by atoms with E-state index >= 15 is 0 Å². The number of carboxylic acids is 1. The molecular weight excluding hydrogens is 244 g/mol. The Labute approximate surface area is 111 Å². The molecule has 0 amide bonds. The van der Waals surface area contributed by atoms with Crippen LogP contribution in [0.25, 0.3) is 5.69 Å². The highest BCUT2D eigenvalue weighted by Crippen LogP contribution is 2.19. The summed E-state index contributed by atoms with van der Waals surface area (Å²) in [6.45, 7) is 4.45. The summed E-state index contributed by atoms with van der Waals surface area (Å²) in [6.07, 6.45) is 1.99. The van der Waals surface area contributed by atoms with Gasteiger partial charge < -0.3 is 9.84 Å². The zero-order valence-corrected chi connectivity index (χ0v) is 11.0. The summed E-state index contributed by atoms with van der Waals surface area (Å²) in [7, 11) is 0. The number of hydrogen-bond acceptors (Lipinski definition) is 3. The molecule has 100 valence electrons. The molecule has 1 aromatic heterocycles. The Bertz CT molecular complexity index is 573. The number of nitrogens with zero attached hydrogens (tertiary/aromatic N) is 2. The summed E-state index contributed by atoms with van der Waals surface area (Å²) in [4.78, 5) is 11.1. The van der Waals surface area contributed by atoms with Gasteiger partial charge >= 0.3 is 5.97 Å². The van der Waals surface area contributed by atoms with Crippen LogP contribution in [0.5, 0.6) is 5.75 Å². The van der Waals surface area contributed by atoms with Crippen LogP contribution in [0.1, 0.15) is 29.9 Å². The molecule has 2 aromatic rings. The predicted molar refractivity (Wildman–Crippen MR) is 71.1 cm³/mol. The Balaban J connectivity index is 2.38. The number of carboxylic acid groups (broad SMARTS) is 1. The van der Waals surface area contributed by atoms with Crippen molar-refractivity contribution in [3.63, 3.8) is 0 Å². The quantitative estimate of drug-likeness (QED) is 0.897. The zero-order chi connectivity index (χ0) is 13.8. The predicted octanol–water partition coefficient (Wildman–Crippen LogP) is 2.53. The Kier molecular flexibility index (Phi) is 3.85. The van der Waals surface area contributed by atoms with Gasteiger partial charge in [-0.05, 0) is 37.6 Å². The van der Waals surface area contributed by atoms with Gasteiger partial charge in [0.2, 0.25) is 0 Å². The number of ether oxygens (including phenoxy) is 1. The molecule has 0 aliphatic heterocycles. The maximum Gasteiger partial charge on any atom is 0.339 e. The minimum absolute atomic E-state index is 0.247. The molecule has 0 aliphatic carbocycles. The fraction of sp³-hybridized carbons (Fsp3) is 0.286. The molecule has 5 heteroatoms. The van der Waals surface area contributed by atoms with Crippen LogP contribution in [0.3, 0.4) is 0 Å². The third-order valence-corrected chi connectivity index (χ3v) is 2.83. The summed E-state index contributed by atoms with van der Waals surface area (Å²) in [5, 5.41) is 13.2. The van der Waals surface area contributed by atoms with Crippen molar-refractivity contribution in [2.24, 2.45) is 0 Å². The molecule has 0 atom stereocenters. The van der Waals surface area contributed by atoms with Gasteiger partial charge in [0.05, 0.1) is 24.2 Å². The van der Waals surface area contributed by atoms with E-state index in [-0.39, 0.29) is 5.56 Å². The first-order valence-corrected chi connectivity index (χ1v) is 6.20. The van der Waals surface area contributed by atoms with Crippen LogP contribution in [0.2, 0.25) is 0 Å². The van der Waals surface area contributed by atoms with Crippen molar-refractivity contribution < 1.29 is 14.6 Å². The van der Waals surface area contributed by atoms with Gasteiger partial charge in [-0.3, -0.25) is 0 Å². The highest BCUT2D eigenvalue weighted by atomic mass is 16.5. The SMILES string of the molecule is CCOc1ccc(-n2ncc(C(=O)O)c2CC)cc1. The van der Waals surface area contributed by atoms with Gasteiger partial charge in [0.15, 0.2) is 0 Å². The molecule has 0 saturated carbocycles. The van der Waals surface area contributed by atoms with Crippen molar-refractivity contribution in [2.75, 3.05) is 6.61 Å². The molecule has 19 heavy (non-hydrogen) atoms. The van der Waals surface area contributed by atoms with E-state index in [0.717, 1.165) is 11.4 Å². The summed E-state index contributed by atoms with van der Waals surface area (Å²) < 4.78 is 7.02. The third kappa shape index (κ3) is 2.59. The van der Waals surface area contributed by atoms with Crippen molar-refractivity contribution in [3.05, 3.63) is 41.7 Å². The number of benzene rings is 1. The molecule has 0 unspecified atom stereocenters. The number of rotatable bonds is 5. The standard InChI is InChI=1S/C14H16N2O3/c1-3-13-12(14(17)18)9-15-16(13)10-5-7-11(8-6-10)19-4-2/h5-9H,3-4H2,1-2H3,(H,17,18).